The summed E-state index contributed by atoms with van der Waals surface area (Å²) in [6.07, 6.45) is 3.50. The Balaban J connectivity index is 2.09. The number of benzene rings is 2. The summed E-state index contributed by atoms with van der Waals surface area (Å²) in [5.41, 5.74) is 1.91. The summed E-state index contributed by atoms with van der Waals surface area (Å²) in [5, 5.41) is 5.83. The summed E-state index contributed by atoms with van der Waals surface area (Å²) >= 11 is 9.51. The lowest BCUT2D eigenvalue weighted by Gasteiger charge is -2.09. The third-order valence-electron chi connectivity index (χ3n) is 3.15. The molecule has 0 heterocycles. The quantitative estimate of drug-likeness (QED) is 0.677. The van der Waals surface area contributed by atoms with E-state index in [0.717, 1.165) is 10.0 Å². The maximum Gasteiger partial charge on any atom is 0.248 e. The molecular formula is C18H16BrClN2O2. The van der Waals surface area contributed by atoms with Gasteiger partial charge in [-0.15, -0.1) is 0 Å². The Kier molecular flexibility index (Phi) is 6.58. The molecule has 2 aromatic rings. The lowest BCUT2D eigenvalue weighted by atomic mass is 10.2. The van der Waals surface area contributed by atoms with Crippen molar-refractivity contribution in [3.8, 4) is 0 Å². The number of carbonyl (C=O) groups is 2. The average molecular weight is 408 g/mol. The number of hydrogen-bond acceptors (Lipinski definition) is 2. The van der Waals surface area contributed by atoms with Gasteiger partial charge >= 0.3 is 0 Å². The lowest BCUT2D eigenvalue weighted by molar-refractivity contribution is -0.116. The molecule has 0 aliphatic carbocycles. The molecule has 2 N–H and O–H groups in total. The molecule has 0 atom stereocenters. The van der Waals surface area contributed by atoms with Crippen molar-refractivity contribution in [3.05, 3.63) is 63.6 Å². The molecule has 2 rings (SSSR count). The van der Waals surface area contributed by atoms with Gasteiger partial charge in [0.05, 0.1) is 10.7 Å². The molecule has 0 saturated heterocycles. The molecule has 0 radical (unpaired) electrons. The molecule has 124 valence electrons. The summed E-state index contributed by atoms with van der Waals surface area (Å²) < 4.78 is 0.899. The molecule has 0 unspecified atom stereocenters. The third-order valence-corrected chi connectivity index (χ3v) is 4.20. The van der Waals surface area contributed by atoms with E-state index in [1.54, 1.807) is 31.2 Å². The van der Waals surface area contributed by atoms with Crippen LogP contribution >= 0.6 is 27.5 Å². The second-order valence-corrected chi connectivity index (χ2v) is 6.20. The molecule has 0 saturated carbocycles. The van der Waals surface area contributed by atoms with Gasteiger partial charge in [0, 0.05) is 22.7 Å². The van der Waals surface area contributed by atoms with Crippen LogP contribution < -0.4 is 10.6 Å². The van der Waals surface area contributed by atoms with Gasteiger partial charge in [0.1, 0.15) is 0 Å². The van der Waals surface area contributed by atoms with Gasteiger partial charge in [-0.3, -0.25) is 9.59 Å². The predicted molar refractivity (Wildman–Crippen MR) is 102 cm³/mol. The number of anilines is 2. The van der Waals surface area contributed by atoms with E-state index in [0.29, 0.717) is 22.8 Å². The monoisotopic (exact) mass is 406 g/mol. The summed E-state index contributed by atoms with van der Waals surface area (Å²) in [7, 11) is 0. The van der Waals surface area contributed by atoms with Gasteiger partial charge in [-0.05, 0) is 35.9 Å². The average Bonchev–Trinajstić information content (AvgIpc) is 2.57. The minimum absolute atomic E-state index is 0.108. The minimum atomic E-state index is -0.313. The van der Waals surface area contributed by atoms with E-state index in [1.165, 1.54) is 6.08 Å². The van der Waals surface area contributed by atoms with Crippen molar-refractivity contribution in [2.75, 3.05) is 10.6 Å². The molecule has 0 aliphatic heterocycles. The van der Waals surface area contributed by atoms with Crippen molar-refractivity contribution >= 4 is 56.8 Å². The van der Waals surface area contributed by atoms with Crippen LogP contribution in [0.25, 0.3) is 6.08 Å². The Morgan fingerprint density at radius 2 is 1.92 bits per heavy atom. The maximum absolute atomic E-state index is 12.1. The zero-order valence-corrected chi connectivity index (χ0v) is 15.3. The molecule has 4 nitrogen and oxygen atoms in total. The van der Waals surface area contributed by atoms with E-state index in [4.69, 9.17) is 11.6 Å². The lowest BCUT2D eigenvalue weighted by Crippen LogP contribution is -2.11. The van der Waals surface area contributed by atoms with E-state index in [1.807, 2.05) is 24.3 Å². The zero-order valence-electron chi connectivity index (χ0n) is 13.0. The third kappa shape index (κ3) is 5.22. The summed E-state index contributed by atoms with van der Waals surface area (Å²) in [6, 6.07) is 12.5. The highest BCUT2D eigenvalue weighted by Crippen LogP contribution is 2.26. The van der Waals surface area contributed by atoms with E-state index in [2.05, 4.69) is 26.6 Å². The minimum Gasteiger partial charge on any atom is -0.326 e. The Bertz CT molecular complexity index is 790. The van der Waals surface area contributed by atoms with Gasteiger partial charge in [-0.1, -0.05) is 52.7 Å². The predicted octanol–water partition coefficient (Wildman–Crippen LogP) is 5.10. The molecular weight excluding hydrogens is 392 g/mol. The van der Waals surface area contributed by atoms with Crippen molar-refractivity contribution < 1.29 is 9.59 Å². The molecule has 0 aromatic heterocycles. The first-order valence-corrected chi connectivity index (χ1v) is 8.49. The SMILES string of the molecule is CCC(=O)Nc1ccc(Cl)c(NC(=O)/C=C/c2ccccc2Br)c1. The number of carbonyl (C=O) groups excluding carboxylic acids is 2. The topological polar surface area (TPSA) is 58.2 Å². The Hall–Kier alpha value is -2.11. The molecule has 24 heavy (non-hydrogen) atoms. The second kappa shape index (κ2) is 8.66. The van der Waals surface area contributed by atoms with Crippen LogP contribution in [0.3, 0.4) is 0 Å². The van der Waals surface area contributed by atoms with Gasteiger partial charge in [0.2, 0.25) is 11.8 Å². The van der Waals surface area contributed by atoms with Crippen LogP contribution in [0.2, 0.25) is 5.02 Å². The van der Waals surface area contributed by atoms with Crippen LogP contribution in [-0.2, 0) is 9.59 Å². The van der Waals surface area contributed by atoms with Crippen LogP contribution in [0.15, 0.2) is 53.0 Å². The largest absolute Gasteiger partial charge is 0.326 e. The van der Waals surface area contributed by atoms with Crippen LogP contribution in [0.4, 0.5) is 11.4 Å². The van der Waals surface area contributed by atoms with Gasteiger partial charge in [-0.2, -0.15) is 0 Å². The molecule has 0 bridgehead atoms. The van der Waals surface area contributed by atoms with Gasteiger partial charge in [0.15, 0.2) is 0 Å². The highest BCUT2D eigenvalue weighted by atomic mass is 79.9. The summed E-state index contributed by atoms with van der Waals surface area (Å²) in [6.45, 7) is 1.76. The van der Waals surface area contributed by atoms with Crippen molar-refractivity contribution in [1.82, 2.24) is 0 Å². The van der Waals surface area contributed by atoms with Gasteiger partial charge in [0.25, 0.3) is 0 Å². The Morgan fingerprint density at radius 1 is 1.17 bits per heavy atom. The Morgan fingerprint density at radius 3 is 2.62 bits per heavy atom. The molecule has 0 fully saturated rings. The molecule has 6 heteroatoms. The highest BCUT2D eigenvalue weighted by molar-refractivity contribution is 9.10. The second-order valence-electron chi connectivity index (χ2n) is 4.94. The fraction of sp³-hybridized carbons (Fsp3) is 0.111. The van der Waals surface area contributed by atoms with Crippen LogP contribution in [-0.4, -0.2) is 11.8 Å². The molecule has 0 aliphatic rings. The Labute approximate surface area is 154 Å². The fourth-order valence-corrected chi connectivity index (χ4v) is 2.48. The van der Waals surface area contributed by atoms with Crippen molar-refractivity contribution in [3.63, 3.8) is 0 Å². The van der Waals surface area contributed by atoms with E-state index >= 15 is 0 Å². The van der Waals surface area contributed by atoms with Crippen molar-refractivity contribution in [1.29, 1.82) is 0 Å². The maximum atomic E-state index is 12.1. The van der Waals surface area contributed by atoms with E-state index in [9.17, 15) is 9.59 Å². The van der Waals surface area contributed by atoms with Crippen LogP contribution in [0.1, 0.15) is 18.9 Å². The molecule has 0 spiro atoms. The first-order valence-electron chi connectivity index (χ1n) is 7.32. The smallest absolute Gasteiger partial charge is 0.248 e. The van der Waals surface area contributed by atoms with E-state index < -0.39 is 0 Å². The molecule has 2 amide bonds. The number of hydrogen-bond donors (Lipinski definition) is 2. The summed E-state index contributed by atoms with van der Waals surface area (Å²) in [4.78, 5) is 23.5. The van der Waals surface area contributed by atoms with E-state index in [-0.39, 0.29) is 11.8 Å². The normalized spacial score (nSPS) is 10.6. The van der Waals surface area contributed by atoms with Gasteiger partial charge < -0.3 is 10.6 Å². The number of amides is 2. The van der Waals surface area contributed by atoms with Crippen LogP contribution in [0, 0.1) is 0 Å². The highest BCUT2D eigenvalue weighted by Gasteiger charge is 2.07. The number of rotatable bonds is 5. The number of nitrogens with one attached hydrogen (secondary N) is 2. The van der Waals surface area contributed by atoms with Crippen molar-refractivity contribution in [2.24, 2.45) is 0 Å². The number of halogens is 2. The first kappa shape index (κ1) is 18.2. The standard InChI is InChI=1S/C18H16BrClN2O2/c1-2-17(23)21-13-8-9-15(20)16(11-13)22-18(24)10-7-12-5-3-4-6-14(12)19/h3-11H,2H2,1H3,(H,21,23)(H,22,24)/b10-7+. The summed E-state index contributed by atoms with van der Waals surface area (Å²) in [5.74, 6) is -0.421. The van der Waals surface area contributed by atoms with Gasteiger partial charge in [-0.25, -0.2) is 0 Å². The van der Waals surface area contributed by atoms with Crippen LogP contribution in [0.5, 0.6) is 0 Å². The van der Waals surface area contributed by atoms with Crippen molar-refractivity contribution in [2.45, 2.75) is 13.3 Å². The first-order chi connectivity index (χ1) is 11.5. The molecule has 2 aromatic carbocycles. The fourth-order valence-electron chi connectivity index (χ4n) is 1.90. The zero-order chi connectivity index (χ0) is 17.5.